The Labute approximate surface area is 201 Å². The topological polar surface area (TPSA) is 94.7 Å². The predicted molar refractivity (Wildman–Crippen MR) is 135 cm³/mol. The number of benzene rings is 2. The van der Waals surface area contributed by atoms with Crippen LogP contribution in [0.25, 0.3) is 22.0 Å². The third kappa shape index (κ3) is 5.85. The second kappa shape index (κ2) is 10.8. The van der Waals surface area contributed by atoms with E-state index in [1.165, 1.54) is 0 Å². The SMILES string of the molecule is CCN(CC)CC(O)CNC(=O)c1[nH]c2cccc(-c3ccccc3)c2c1OC(=O)C(C)(C)C. The lowest BCUT2D eigenvalue weighted by Gasteiger charge is -2.22. The number of rotatable bonds is 9. The number of hydrogen-bond acceptors (Lipinski definition) is 5. The Balaban J connectivity index is 1.99. The zero-order valence-electron chi connectivity index (χ0n) is 20.6. The number of nitrogens with zero attached hydrogens (tertiary/aromatic N) is 1. The minimum absolute atomic E-state index is 0.0862. The first-order valence-corrected chi connectivity index (χ1v) is 11.8. The van der Waals surface area contributed by atoms with Gasteiger partial charge in [0.05, 0.1) is 22.4 Å². The van der Waals surface area contributed by atoms with Crippen molar-refractivity contribution in [2.24, 2.45) is 5.41 Å². The molecule has 3 N–H and O–H groups in total. The number of carbonyl (C=O) groups excluding carboxylic acids is 2. The van der Waals surface area contributed by atoms with E-state index in [9.17, 15) is 14.7 Å². The lowest BCUT2D eigenvalue weighted by molar-refractivity contribution is -0.142. The van der Waals surface area contributed by atoms with Gasteiger partial charge in [0.25, 0.3) is 5.91 Å². The summed E-state index contributed by atoms with van der Waals surface area (Å²) in [6.45, 7) is 11.5. The summed E-state index contributed by atoms with van der Waals surface area (Å²) >= 11 is 0. The highest BCUT2D eigenvalue weighted by molar-refractivity contribution is 6.09. The van der Waals surface area contributed by atoms with Crippen LogP contribution in [0.4, 0.5) is 0 Å². The molecule has 0 aliphatic heterocycles. The molecule has 0 spiro atoms. The number of aliphatic hydroxyl groups is 1. The van der Waals surface area contributed by atoms with Gasteiger partial charge < -0.3 is 25.0 Å². The van der Waals surface area contributed by atoms with Crippen LogP contribution in [-0.2, 0) is 4.79 Å². The van der Waals surface area contributed by atoms with Crippen LogP contribution in [0.2, 0.25) is 0 Å². The molecule has 182 valence electrons. The van der Waals surface area contributed by atoms with Crippen molar-refractivity contribution in [1.82, 2.24) is 15.2 Å². The molecular weight excluding hydrogens is 430 g/mol. The second-order valence-corrected chi connectivity index (χ2v) is 9.41. The third-order valence-corrected chi connectivity index (χ3v) is 5.76. The first-order valence-electron chi connectivity index (χ1n) is 11.8. The van der Waals surface area contributed by atoms with E-state index in [1.54, 1.807) is 20.8 Å². The van der Waals surface area contributed by atoms with Crippen LogP contribution in [0.5, 0.6) is 5.75 Å². The zero-order chi connectivity index (χ0) is 24.9. The summed E-state index contributed by atoms with van der Waals surface area (Å²) in [6, 6.07) is 15.4. The summed E-state index contributed by atoms with van der Waals surface area (Å²) in [5.41, 5.74) is 1.89. The maximum Gasteiger partial charge on any atom is 0.316 e. The standard InChI is InChI=1S/C27H35N3O4/c1-6-30(7-2)17-19(31)16-28-25(32)23-24(34-26(33)27(3,4)5)22-20(14-11-15-21(22)29-23)18-12-9-8-10-13-18/h8-15,19,29,31H,6-7,16-17H2,1-5H3,(H,28,32). The van der Waals surface area contributed by atoms with Crippen molar-refractivity contribution >= 4 is 22.8 Å². The molecule has 0 bridgehead atoms. The number of aromatic amines is 1. The van der Waals surface area contributed by atoms with Crippen LogP contribution >= 0.6 is 0 Å². The molecule has 0 aliphatic rings. The summed E-state index contributed by atoms with van der Waals surface area (Å²) in [5.74, 6) is -0.678. The van der Waals surface area contributed by atoms with Gasteiger partial charge >= 0.3 is 5.97 Å². The van der Waals surface area contributed by atoms with Crippen molar-refractivity contribution in [3.63, 3.8) is 0 Å². The molecule has 0 fully saturated rings. The van der Waals surface area contributed by atoms with Crippen LogP contribution in [0.1, 0.15) is 45.1 Å². The van der Waals surface area contributed by atoms with Gasteiger partial charge in [-0.1, -0.05) is 56.3 Å². The molecular formula is C27H35N3O4. The molecule has 1 heterocycles. The second-order valence-electron chi connectivity index (χ2n) is 9.41. The maximum absolute atomic E-state index is 13.2. The van der Waals surface area contributed by atoms with Crippen LogP contribution in [0, 0.1) is 5.41 Å². The van der Waals surface area contributed by atoms with Gasteiger partial charge in [-0.15, -0.1) is 0 Å². The van der Waals surface area contributed by atoms with Gasteiger partial charge in [0.15, 0.2) is 5.75 Å². The first kappa shape index (κ1) is 25.5. The Morgan fingerprint density at radius 1 is 1.06 bits per heavy atom. The highest BCUT2D eigenvalue weighted by atomic mass is 16.5. The summed E-state index contributed by atoms with van der Waals surface area (Å²) < 4.78 is 5.85. The van der Waals surface area contributed by atoms with E-state index in [-0.39, 0.29) is 18.0 Å². The van der Waals surface area contributed by atoms with Gasteiger partial charge in [-0.3, -0.25) is 9.59 Å². The highest BCUT2D eigenvalue weighted by Crippen LogP contribution is 2.39. The van der Waals surface area contributed by atoms with Gasteiger partial charge in [0.1, 0.15) is 5.69 Å². The van der Waals surface area contributed by atoms with Crippen molar-refractivity contribution in [2.45, 2.75) is 40.7 Å². The van der Waals surface area contributed by atoms with E-state index in [2.05, 4.69) is 15.2 Å². The maximum atomic E-state index is 13.2. The normalized spacial score (nSPS) is 12.7. The van der Waals surface area contributed by atoms with E-state index in [0.717, 1.165) is 24.2 Å². The first-order chi connectivity index (χ1) is 16.2. The number of likely N-dealkylation sites (N-methyl/N-ethyl adjacent to an activating group) is 1. The molecule has 1 amide bonds. The molecule has 0 aliphatic carbocycles. The molecule has 7 heteroatoms. The molecule has 0 radical (unpaired) electrons. The van der Waals surface area contributed by atoms with Crippen LogP contribution in [0.15, 0.2) is 48.5 Å². The van der Waals surface area contributed by atoms with E-state index in [0.29, 0.717) is 17.4 Å². The molecule has 3 rings (SSSR count). The van der Waals surface area contributed by atoms with E-state index < -0.39 is 23.4 Å². The number of aliphatic hydroxyl groups excluding tert-OH is 1. The Morgan fingerprint density at radius 2 is 1.74 bits per heavy atom. The van der Waals surface area contributed by atoms with Crippen molar-refractivity contribution < 1.29 is 19.4 Å². The van der Waals surface area contributed by atoms with Gasteiger partial charge in [-0.25, -0.2) is 0 Å². The molecule has 34 heavy (non-hydrogen) atoms. The summed E-state index contributed by atoms with van der Waals surface area (Å²) in [5, 5.41) is 13.8. The summed E-state index contributed by atoms with van der Waals surface area (Å²) in [4.78, 5) is 31.2. The fraction of sp³-hybridized carbons (Fsp3) is 0.407. The van der Waals surface area contributed by atoms with E-state index >= 15 is 0 Å². The average molecular weight is 466 g/mol. The van der Waals surface area contributed by atoms with Crippen LogP contribution in [-0.4, -0.2) is 59.1 Å². The number of fused-ring (bicyclic) bond motifs is 1. The fourth-order valence-corrected chi connectivity index (χ4v) is 3.73. The molecule has 1 unspecified atom stereocenters. The summed E-state index contributed by atoms with van der Waals surface area (Å²) in [6.07, 6.45) is -0.714. The number of carbonyl (C=O) groups is 2. The minimum atomic E-state index is -0.751. The van der Waals surface area contributed by atoms with Crippen molar-refractivity contribution in [3.8, 4) is 16.9 Å². The van der Waals surface area contributed by atoms with Gasteiger partial charge in [-0.2, -0.15) is 0 Å². The lowest BCUT2D eigenvalue weighted by atomic mass is 9.97. The minimum Gasteiger partial charge on any atom is -0.423 e. The molecule has 0 saturated heterocycles. The van der Waals surface area contributed by atoms with Crippen molar-refractivity contribution in [1.29, 1.82) is 0 Å². The van der Waals surface area contributed by atoms with Crippen molar-refractivity contribution in [3.05, 3.63) is 54.2 Å². The van der Waals surface area contributed by atoms with Gasteiger partial charge in [0, 0.05) is 13.1 Å². The number of aromatic nitrogens is 1. The Kier molecular flexibility index (Phi) is 8.12. The number of esters is 1. The molecule has 2 aromatic carbocycles. The van der Waals surface area contributed by atoms with Gasteiger partial charge in [-0.05, 0) is 51.1 Å². The monoisotopic (exact) mass is 465 g/mol. The lowest BCUT2D eigenvalue weighted by Crippen LogP contribution is -2.40. The third-order valence-electron chi connectivity index (χ3n) is 5.76. The number of hydrogen-bond donors (Lipinski definition) is 3. The van der Waals surface area contributed by atoms with Crippen LogP contribution in [0.3, 0.4) is 0 Å². The smallest absolute Gasteiger partial charge is 0.316 e. The number of ether oxygens (including phenoxy) is 1. The largest absolute Gasteiger partial charge is 0.423 e. The van der Waals surface area contributed by atoms with Crippen LogP contribution < -0.4 is 10.1 Å². The number of nitrogens with one attached hydrogen (secondary N) is 2. The van der Waals surface area contributed by atoms with E-state index in [1.807, 2.05) is 62.4 Å². The molecule has 1 aromatic heterocycles. The van der Waals surface area contributed by atoms with Crippen molar-refractivity contribution in [2.75, 3.05) is 26.2 Å². The molecule has 3 aromatic rings. The molecule has 1 atom stereocenters. The summed E-state index contributed by atoms with van der Waals surface area (Å²) in [7, 11) is 0. The Bertz CT molecular complexity index is 1130. The average Bonchev–Trinajstić information content (AvgIpc) is 3.19. The number of amides is 1. The zero-order valence-corrected chi connectivity index (χ0v) is 20.6. The fourth-order valence-electron chi connectivity index (χ4n) is 3.73. The molecule has 7 nitrogen and oxygen atoms in total. The number of H-pyrrole nitrogens is 1. The van der Waals surface area contributed by atoms with Gasteiger partial charge in [0.2, 0.25) is 0 Å². The predicted octanol–water partition coefficient (Wildman–Crippen LogP) is 4.22. The Morgan fingerprint density at radius 3 is 2.35 bits per heavy atom. The quantitative estimate of drug-likeness (QED) is 0.412. The highest BCUT2D eigenvalue weighted by Gasteiger charge is 2.29. The Hall–Kier alpha value is -3.16. The molecule has 0 saturated carbocycles. The van der Waals surface area contributed by atoms with E-state index in [4.69, 9.17) is 4.74 Å².